The third-order valence-corrected chi connectivity index (χ3v) is 4.52. The van der Waals surface area contributed by atoms with Gasteiger partial charge in [0.05, 0.1) is 6.54 Å². The Hall–Kier alpha value is -2.34. The van der Waals surface area contributed by atoms with Gasteiger partial charge in [0.15, 0.2) is 6.61 Å². The molecule has 1 atom stereocenters. The quantitative estimate of drug-likeness (QED) is 0.776. The molecule has 0 spiro atoms. The lowest BCUT2D eigenvalue weighted by Gasteiger charge is -2.32. The van der Waals surface area contributed by atoms with Crippen LogP contribution in [0.2, 0.25) is 5.02 Å². The van der Waals surface area contributed by atoms with Gasteiger partial charge in [-0.3, -0.25) is 4.79 Å². The summed E-state index contributed by atoms with van der Waals surface area (Å²) in [5.74, 6) is 0.562. The summed E-state index contributed by atoms with van der Waals surface area (Å²) in [6, 6.07) is 7.31. The predicted octanol–water partition coefficient (Wildman–Crippen LogP) is 3.14. The molecule has 1 aromatic carbocycles. The van der Waals surface area contributed by atoms with E-state index in [1.54, 1.807) is 41.6 Å². The number of amides is 1. The summed E-state index contributed by atoms with van der Waals surface area (Å²) >= 11 is 5.84. The number of rotatable bonds is 6. The van der Waals surface area contributed by atoms with E-state index >= 15 is 0 Å². The molecule has 0 saturated carbocycles. The molecule has 1 aliphatic heterocycles. The smallest absolute Gasteiger partial charge is 0.316 e. The average Bonchev–Trinajstić information content (AvgIpc) is 2.68. The van der Waals surface area contributed by atoms with E-state index in [2.05, 4.69) is 16.9 Å². The topological polar surface area (TPSA) is 64.5 Å². The molecule has 0 N–H and O–H groups in total. The van der Waals surface area contributed by atoms with Crippen LogP contribution in [0.4, 0.5) is 0 Å². The Kier molecular flexibility index (Phi) is 6.28. The van der Waals surface area contributed by atoms with Gasteiger partial charge in [-0.25, -0.2) is 9.97 Å². The van der Waals surface area contributed by atoms with E-state index in [9.17, 15) is 4.79 Å². The minimum Gasteiger partial charge on any atom is -0.484 e. The van der Waals surface area contributed by atoms with E-state index in [1.165, 1.54) is 0 Å². The van der Waals surface area contributed by atoms with Gasteiger partial charge in [0.2, 0.25) is 0 Å². The molecule has 26 heavy (non-hydrogen) atoms. The molecule has 2 aromatic rings. The molecule has 1 amide bonds. The summed E-state index contributed by atoms with van der Waals surface area (Å²) in [7, 11) is 0. The Morgan fingerprint density at radius 3 is 2.69 bits per heavy atom. The van der Waals surface area contributed by atoms with E-state index < -0.39 is 0 Å². The molecule has 138 valence electrons. The first-order valence-electron chi connectivity index (χ1n) is 8.77. The van der Waals surface area contributed by atoms with Crippen molar-refractivity contribution >= 4 is 17.5 Å². The summed E-state index contributed by atoms with van der Waals surface area (Å²) in [4.78, 5) is 22.6. The van der Waals surface area contributed by atoms with Crippen LogP contribution in [0, 0.1) is 0 Å². The average molecular weight is 376 g/mol. The Balaban J connectivity index is 1.50. The van der Waals surface area contributed by atoms with E-state index in [0.717, 1.165) is 24.8 Å². The maximum Gasteiger partial charge on any atom is 0.316 e. The number of piperidine rings is 1. The molecule has 0 aliphatic carbocycles. The van der Waals surface area contributed by atoms with E-state index in [1.807, 2.05) is 0 Å². The highest BCUT2D eigenvalue weighted by molar-refractivity contribution is 6.30. The second-order valence-electron chi connectivity index (χ2n) is 6.19. The zero-order valence-corrected chi connectivity index (χ0v) is 15.5. The second kappa shape index (κ2) is 8.85. The Morgan fingerprint density at radius 2 is 2.00 bits per heavy atom. The van der Waals surface area contributed by atoms with Gasteiger partial charge < -0.3 is 14.4 Å². The van der Waals surface area contributed by atoms with Crippen molar-refractivity contribution in [2.45, 2.75) is 32.3 Å². The first kappa shape index (κ1) is 18.5. The number of carbonyl (C=O) groups is 1. The number of hydrogen-bond donors (Lipinski definition) is 0. The van der Waals surface area contributed by atoms with Crippen LogP contribution in [0.15, 0.2) is 36.7 Å². The highest BCUT2D eigenvalue weighted by Crippen LogP contribution is 2.18. The van der Waals surface area contributed by atoms with E-state index in [-0.39, 0.29) is 18.6 Å². The SMILES string of the molecule is CCc1cnc(OC2CCCN(C(=O)COc3ccc(Cl)cc3)C2)nc1. The molecule has 1 aliphatic rings. The minimum absolute atomic E-state index is 0.00392. The lowest BCUT2D eigenvalue weighted by Crippen LogP contribution is -2.46. The molecule has 1 unspecified atom stereocenters. The molecular formula is C19H22ClN3O3. The van der Waals surface area contributed by atoms with Crippen LogP contribution in [0.3, 0.4) is 0 Å². The maximum absolute atomic E-state index is 12.4. The Morgan fingerprint density at radius 1 is 1.27 bits per heavy atom. The minimum atomic E-state index is -0.101. The van der Waals surface area contributed by atoms with Crippen molar-refractivity contribution in [1.29, 1.82) is 0 Å². The van der Waals surface area contributed by atoms with Crippen molar-refractivity contribution in [3.63, 3.8) is 0 Å². The van der Waals surface area contributed by atoms with Gasteiger partial charge in [0.1, 0.15) is 11.9 Å². The lowest BCUT2D eigenvalue weighted by atomic mass is 10.1. The Labute approximate surface area is 158 Å². The molecule has 7 heteroatoms. The fourth-order valence-corrected chi connectivity index (χ4v) is 2.89. The number of likely N-dealkylation sites (tertiary alicyclic amines) is 1. The molecule has 1 aromatic heterocycles. The van der Waals surface area contributed by atoms with Crippen LogP contribution >= 0.6 is 11.6 Å². The molecule has 0 radical (unpaired) electrons. The van der Waals surface area contributed by atoms with E-state index in [0.29, 0.717) is 29.9 Å². The van der Waals surface area contributed by atoms with Gasteiger partial charge in [-0.1, -0.05) is 18.5 Å². The predicted molar refractivity (Wildman–Crippen MR) is 98.6 cm³/mol. The normalized spacial score (nSPS) is 17.0. The van der Waals surface area contributed by atoms with Gasteiger partial charge in [-0.15, -0.1) is 0 Å². The molecular weight excluding hydrogens is 354 g/mol. The van der Waals surface area contributed by atoms with Crippen LogP contribution < -0.4 is 9.47 Å². The third-order valence-electron chi connectivity index (χ3n) is 4.27. The van der Waals surface area contributed by atoms with Crippen molar-refractivity contribution in [3.05, 3.63) is 47.2 Å². The number of hydrogen-bond acceptors (Lipinski definition) is 5. The van der Waals surface area contributed by atoms with Crippen LogP contribution in [0.1, 0.15) is 25.3 Å². The molecule has 1 fully saturated rings. The van der Waals surface area contributed by atoms with Crippen LogP contribution in [0.5, 0.6) is 11.8 Å². The van der Waals surface area contributed by atoms with Gasteiger partial charge in [0.25, 0.3) is 5.91 Å². The number of aromatic nitrogens is 2. The number of nitrogens with zero attached hydrogens (tertiary/aromatic N) is 3. The van der Waals surface area contributed by atoms with Crippen LogP contribution in [-0.4, -0.2) is 46.6 Å². The third kappa shape index (κ3) is 5.08. The molecule has 3 rings (SSSR count). The molecule has 1 saturated heterocycles. The lowest BCUT2D eigenvalue weighted by molar-refractivity contribution is -0.136. The second-order valence-corrected chi connectivity index (χ2v) is 6.63. The number of benzene rings is 1. The summed E-state index contributed by atoms with van der Waals surface area (Å²) in [5.41, 5.74) is 1.07. The number of halogens is 1. The maximum atomic E-state index is 12.4. The van der Waals surface area contributed by atoms with Gasteiger partial charge in [0, 0.05) is 24.0 Å². The monoisotopic (exact) mass is 375 g/mol. The van der Waals surface area contributed by atoms with Gasteiger partial charge >= 0.3 is 6.01 Å². The zero-order chi connectivity index (χ0) is 18.4. The summed E-state index contributed by atoms with van der Waals surface area (Å²) in [6.07, 6.45) is 6.09. The molecule has 2 heterocycles. The van der Waals surface area contributed by atoms with E-state index in [4.69, 9.17) is 21.1 Å². The fourth-order valence-electron chi connectivity index (χ4n) is 2.76. The number of carbonyl (C=O) groups excluding carboxylic acids is 1. The van der Waals surface area contributed by atoms with Crippen molar-refractivity contribution in [2.75, 3.05) is 19.7 Å². The van der Waals surface area contributed by atoms with Crippen LogP contribution in [-0.2, 0) is 11.2 Å². The van der Waals surface area contributed by atoms with Crippen molar-refractivity contribution < 1.29 is 14.3 Å². The summed E-state index contributed by atoms with van der Waals surface area (Å²) in [6.45, 7) is 3.27. The highest BCUT2D eigenvalue weighted by atomic mass is 35.5. The van der Waals surface area contributed by atoms with Crippen molar-refractivity contribution in [2.24, 2.45) is 0 Å². The van der Waals surface area contributed by atoms with Gasteiger partial charge in [-0.05, 0) is 49.1 Å². The Bertz CT molecular complexity index is 722. The van der Waals surface area contributed by atoms with Crippen molar-refractivity contribution in [1.82, 2.24) is 14.9 Å². The molecule has 0 bridgehead atoms. The van der Waals surface area contributed by atoms with Crippen molar-refractivity contribution in [3.8, 4) is 11.8 Å². The summed E-state index contributed by atoms with van der Waals surface area (Å²) < 4.78 is 11.4. The first-order chi connectivity index (χ1) is 12.6. The fraction of sp³-hybridized carbons (Fsp3) is 0.421. The first-order valence-corrected chi connectivity index (χ1v) is 9.15. The highest BCUT2D eigenvalue weighted by Gasteiger charge is 2.25. The largest absolute Gasteiger partial charge is 0.484 e. The molecule has 6 nitrogen and oxygen atoms in total. The zero-order valence-electron chi connectivity index (χ0n) is 14.7. The van der Waals surface area contributed by atoms with Crippen LogP contribution in [0.25, 0.3) is 0 Å². The number of ether oxygens (including phenoxy) is 2. The van der Waals surface area contributed by atoms with Gasteiger partial charge in [-0.2, -0.15) is 0 Å². The summed E-state index contributed by atoms with van der Waals surface area (Å²) in [5, 5.41) is 0.633. The number of aryl methyl sites for hydroxylation is 1. The standard InChI is InChI=1S/C19H22ClN3O3/c1-2-14-10-21-19(22-11-14)26-17-4-3-9-23(12-17)18(24)13-25-16-7-5-15(20)6-8-16/h5-8,10-11,17H,2-4,9,12-13H2,1H3.